The first-order valence-corrected chi connectivity index (χ1v) is 14.5. The highest BCUT2D eigenvalue weighted by molar-refractivity contribution is 14.1. The number of alkyl halides is 6. The highest BCUT2D eigenvalue weighted by Gasteiger charge is 2.63. The SMILES string of the molecule is O=C(O)c1cc(I)c(OC(=O)C23CC4CC(CC(OC(=O)c5cc(C(F)(F)F)cc(C(F)(F)F)c5)(C4)C2)C3)c(I)c1. The van der Waals surface area contributed by atoms with Crippen molar-refractivity contribution in [2.45, 2.75) is 56.5 Å². The van der Waals surface area contributed by atoms with E-state index in [0.717, 1.165) is 6.42 Å². The van der Waals surface area contributed by atoms with Crippen molar-refractivity contribution >= 4 is 63.1 Å². The molecule has 0 aromatic heterocycles. The van der Waals surface area contributed by atoms with Crippen LogP contribution in [0, 0.1) is 24.4 Å². The van der Waals surface area contributed by atoms with E-state index in [2.05, 4.69) is 0 Å². The molecule has 2 aromatic rings. The third-order valence-corrected chi connectivity index (χ3v) is 9.62. The molecule has 4 aliphatic rings. The topological polar surface area (TPSA) is 89.9 Å². The molecule has 2 aromatic carbocycles. The van der Waals surface area contributed by atoms with E-state index in [4.69, 9.17) is 9.47 Å². The smallest absolute Gasteiger partial charge is 0.416 e. The molecular formula is C27H20F6I2O6. The Balaban J connectivity index is 1.43. The summed E-state index contributed by atoms with van der Waals surface area (Å²) in [6.07, 6.45) is -7.95. The zero-order valence-electron chi connectivity index (χ0n) is 20.8. The van der Waals surface area contributed by atoms with E-state index in [9.17, 15) is 45.8 Å². The number of hydrogen-bond acceptors (Lipinski definition) is 5. The van der Waals surface area contributed by atoms with Crippen LogP contribution >= 0.6 is 45.2 Å². The largest absolute Gasteiger partial charge is 0.478 e. The molecule has 41 heavy (non-hydrogen) atoms. The van der Waals surface area contributed by atoms with Gasteiger partial charge in [0.05, 0.1) is 34.8 Å². The Kier molecular flexibility index (Phi) is 7.60. The van der Waals surface area contributed by atoms with Gasteiger partial charge in [-0.1, -0.05) is 0 Å². The van der Waals surface area contributed by atoms with Crippen molar-refractivity contribution in [1.29, 1.82) is 0 Å². The zero-order chi connectivity index (χ0) is 30.1. The summed E-state index contributed by atoms with van der Waals surface area (Å²) in [5.41, 5.74) is -6.43. The molecule has 0 heterocycles. The minimum absolute atomic E-state index is 0.0162. The average Bonchev–Trinajstić information content (AvgIpc) is 2.83. The Labute approximate surface area is 256 Å². The van der Waals surface area contributed by atoms with Crippen LogP contribution < -0.4 is 4.74 Å². The Morgan fingerprint density at radius 1 is 0.805 bits per heavy atom. The molecular weight excluding hydrogens is 788 g/mol. The van der Waals surface area contributed by atoms with Crippen LogP contribution in [0.5, 0.6) is 5.75 Å². The summed E-state index contributed by atoms with van der Waals surface area (Å²) in [5, 5.41) is 9.29. The molecule has 220 valence electrons. The van der Waals surface area contributed by atoms with Crippen molar-refractivity contribution in [3.8, 4) is 5.75 Å². The van der Waals surface area contributed by atoms with Crippen molar-refractivity contribution in [2.24, 2.45) is 17.3 Å². The summed E-state index contributed by atoms with van der Waals surface area (Å²) < 4.78 is 92.5. The normalized spacial score (nSPS) is 27.0. The van der Waals surface area contributed by atoms with Crippen LogP contribution in [0.15, 0.2) is 30.3 Å². The maximum Gasteiger partial charge on any atom is 0.416 e. The Hall–Kier alpha value is -2.11. The number of carbonyl (C=O) groups is 3. The number of carboxylic acid groups (broad SMARTS) is 1. The molecule has 0 amide bonds. The second-order valence-corrected chi connectivity index (χ2v) is 13.4. The first-order valence-electron chi connectivity index (χ1n) is 12.4. The second-order valence-electron chi connectivity index (χ2n) is 11.1. The molecule has 0 aliphatic heterocycles. The van der Waals surface area contributed by atoms with Crippen molar-refractivity contribution < 1.29 is 55.3 Å². The summed E-state index contributed by atoms with van der Waals surface area (Å²) in [6, 6.07) is 3.35. The number of esters is 2. The molecule has 4 saturated carbocycles. The monoisotopic (exact) mass is 808 g/mol. The number of carboxylic acids is 1. The average molecular weight is 808 g/mol. The van der Waals surface area contributed by atoms with E-state index in [-0.39, 0.29) is 35.6 Å². The first kappa shape index (κ1) is 30.4. The summed E-state index contributed by atoms with van der Waals surface area (Å²) in [6.45, 7) is 0. The molecule has 6 nitrogen and oxygen atoms in total. The Morgan fingerprint density at radius 3 is 1.78 bits per heavy atom. The maximum atomic E-state index is 13.7. The van der Waals surface area contributed by atoms with Gasteiger partial charge < -0.3 is 14.6 Å². The number of carbonyl (C=O) groups excluding carboxylic acids is 2. The summed E-state index contributed by atoms with van der Waals surface area (Å²) in [4.78, 5) is 38.1. The highest BCUT2D eigenvalue weighted by atomic mass is 127. The third-order valence-electron chi connectivity index (χ3n) is 8.01. The number of rotatable bonds is 5. The van der Waals surface area contributed by atoms with Crippen LogP contribution in [-0.4, -0.2) is 28.6 Å². The molecule has 1 N–H and O–H groups in total. The van der Waals surface area contributed by atoms with E-state index in [1.165, 1.54) is 12.1 Å². The van der Waals surface area contributed by atoms with Gasteiger partial charge in [0.2, 0.25) is 0 Å². The van der Waals surface area contributed by atoms with Crippen molar-refractivity contribution in [3.63, 3.8) is 0 Å². The predicted molar refractivity (Wildman–Crippen MR) is 146 cm³/mol. The van der Waals surface area contributed by atoms with Crippen molar-refractivity contribution in [2.75, 3.05) is 0 Å². The van der Waals surface area contributed by atoms with E-state index in [1.54, 1.807) is 0 Å². The molecule has 4 bridgehead atoms. The van der Waals surface area contributed by atoms with Crippen LogP contribution in [0.4, 0.5) is 26.3 Å². The zero-order valence-corrected chi connectivity index (χ0v) is 25.1. The van der Waals surface area contributed by atoms with E-state index in [1.807, 2.05) is 45.2 Å². The minimum Gasteiger partial charge on any atom is -0.478 e. The van der Waals surface area contributed by atoms with Gasteiger partial charge in [0.1, 0.15) is 5.60 Å². The number of hydrogen-bond donors (Lipinski definition) is 1. The van der Waals surface area contributed by atoms with Crippen LogP contribution in [0.1, 0.15) is 70.4 Å². The third kappa shape index (κ3) is 5.91. The lowest BCUT2D eigenvalue weighted by atomic mass is 9.48. The van der Waals surface area contributed by atoms with Crippen LogP contribution in [0.2, 0.25) is 0 Å². The number of ether oxygens (including phenoxy) is 2. The lowest BCUT2D eigenvalue weighted by Gasteiger charge is -2.59. The fourth-order valence-electron chi connectivity index (χ4n) is 6.85. The van der Waals surface area contributed by atoms with E-state index in [0.29, 0.717) is 45.0 Å². The number of benzene rings is 2. The van der Waals surface area contributed by atoms with Gasteiger partial charge in [-0.25, -0.2) is 9.59 Å². The van der Waals surface area contributed by atoms with Gasteiger partial charge in [-0.05, 0) is 119 Å². The molecule has 6 rings (SSSR count). The highest BCUT2D eigenvalue weighted by Crippen LogP contribution is 2.63. The molecule has 4 fully saturated rings. The Bertz CT molecular complexity index is 1380. The van der Waals surface area contributed by atoms with Gasteiger partial charge in [0, 0.05) is 6.42 Å². The molecule has 14 heteroatoms. The Morgan fingerprint density at radius 2 is 1.32 bits per heavy atom. The van der Waals surface area contributed by atoms with Crippen molar-refractivity contribution in [1.82, 2.24) is 0 Å². The lowest BCUT2D eigenvalue weighted by Crippen LogP contribution is -2.60. The summed E-state index contributed by atoms with van der Waals surface area (Å²) >= 11 is 3.73. The lowest BCUT2D eigenvalue weighted by molar-refractivity contribution is -0.190. The van der Waals surface area contributed by atoms with Gasteiger partial charge in [-0.3, -0.25) is 4.79 Å². The predicted octanol–water partition coefficient (Wildman–Crippen LogP) is 7.73. The van der Waals surface area contributed by atoms with Crippen LogP contribution in [0.3, 0.4) is 0 Å². The van der Waals surface area contributed by atoms with Gasteiger partial charge in [0.15, 0.2) is 5.75 Å². The van der Waals surface area contributed by atoms with E-state index < -0.39 is 58.0 Å². The minimum atomic E-state index is -5.12. The summed E-state index contributed by atoms with van der Waals surface area (Å²) in [7, 11) is 0. The van der Waals surface area contributed by atoms with Gasteiger partial charge >= 0.3 is 30.3 Å². The molecule has 0 saturated heterocycles. The second kappa shape index (κ2) is 10.3. The van der Waals surface area contributed by atoms with Crippen LogP contribution in [-0.2, 0) is 21.9 Å². The molecule has 4 aliphatic carbocycles. The fourth-order valence-corrected chi connectivity index (χ4v) is 8.84. The van der Waals surface area contributed by atoms with Gasteiger partial charge in [0.25, 0.3) is 0 Å². The summed E-state index contributed by atoms with van der Waals surface area (Å²) in [5.74, 6) is -2.99. The standard InChI is InChI=1S/C27H20F6I2O6/c28-26(29,30)16-2-15(3-17(6-16)27(31,32)33)22(38)41-25-9-12-1-13(10-25)8-24(7-12,11-25)23(39)40-20-18(34)4-14(21(36)37)5-19(20)35/h2-6,12-13H,1,7-11H2,(H,36,37). The van der Waals surface area contributed by atoms with Crippen LogP contribution in [0.25, 0.3) is 0 Å². The van der Waals surface area contributed by atoms with Gasteiger partial charge in [-0.2, -0.15) is 26.3 Å². The molecule has 0 radical (unpaired) electrons. The number of halogens is 8. The van der Waals surface area contributed by atoms with Gasteiger partial charge in [-0.15, -0.1) is 0 Å². The quantitative estimate of drug-likeness (QED) is 0.144. The first-order chi connectivity index (χ1) is 18.9. The molecule has 0 spiro atoms. The molecule has 2 unspecified atom stereocenters. The molecule has 2 atom stereocenters. The van der Waals surface area contributed by atoms with E-state index >= 15 is 0 Å². The fraction of sp³-hybridized carbons (Fsp3) is 0.444. The number of aromatic carboxylic acids is 1. The van der Waals surface area contributed by atoms with Crippen molar-refractivity contribution in [3.05, 3.63) is 59.7 Å². The maximum absolute atomic E-state index is 13.7.